The fourth-order valence-electron chi connectivity index (χ4n) is 4.01. The summed E-state index contributed by atoms with van der Waals surface area (Å²) < 4.78 is 24.6. The fourth-order valence-corrected chi connectivity index (χ4v) is 5.53. The molecule has 0 aromatic carbocycles. The van der Waals surface area contributed by atoms with E-state index in [0.29, 0.717) is 19.4 Å². The van der Waals surface area contributed by atoms with Gasteiger partial charge in [0.05, 0.1) is 35.2 Å². The van der Waals surface area contributed by atoms with Gasteiger partial charge in [0.15, 0.2) is 9.84 Å². The van der Waals surface area contributed by atoms with Gasteiger partial charge in [0, 0.05) is 6.54 Å². The van der Waals surface area contributed by atoms with Crippen molar-refractivity contribution in [3.63, 3.8) is 0 Å². The summed E-state index contributed by atoms with van der Waals surface area (Å²) in [6.45, 7) is 5.36. The highest BCUT2D eigenvalue weighted by Crippen LogP contribution is 2.32. The SMILES string of the molecule is CC(C)(C)S(=O)(=O)CC1(NC(=O)NCC(=O)N2CCC[C@H]2CO)CCCCC1. The molecule has 0 radical (unpaired) electrons. The van der Waals surface area contributed by atoms with Gasteiger partial charge in [-0.15, -0.1) is 0 Å². The lowest BCUT2D eigenvalue weighted by atomic mass is 9.83. The monoisotopic (exact) mass is 417 g/mol. The Morgan fingerprint density at radius 3 is 2.36 bits per heavy atom. The van der Waals surface area contributed by atoms with Crippen LogP contribution >= 0.6 is 0 Å². The van der Waals surface area contributed by atoms with Crippen molar-refractivity contribution < 1.29 is 23.1 Å². The lowest BCUT2D eigenvalue weighted by Gasteiger charge is -2.39. The van der Waals surface area contributed by atoms with Gasteiger partial charge < -0.3 is 20.6 Å². The van der Waals surface area contributed by atoms with E-state index in [1.807, 2.05) is 0 Å². The smallest absolute Gasteiger partial charge is 0.315 e. The molecule has 1 aliphatic carbocycles. The second-order valence-corrected chi connectivity index (χ2v) is 11.8. The zero-order valence-electron chi connectivity index (χ0n) is 17.3. The quantitative estimate of drug-likeness (QED) is 0.600. The van der Waals surface area contributed by atoms with Crippen LogP contribution in [-0.2, 0) is 14.6 Å². The first-order valence-corrected chi connectivity index (χ1v) is 11.8. The number of nitrogens with zero attached hydrogens (tertiary/aromatic N) is 1. The average molecular weight is 418 g/mol. The number of likely N-dealkylation sites (tertiary alicyclic amines) is 1. The summed E-state index contributed by atoms with van der Waals surface area (Å²) in [5.41, 5.74) is -0.793. The second kappa shape index (κ2) is 8.98. The van der Waals surface area contributed by atoms with E-state index in [2.05, 4.69) is 10.6 Å². The molecule has 0 unspecified atom stereocenters. The minimum atomic E-state index is -3.40. The predicted molar refractivity (Wildman–Crippen MR) is 108 cm³/mol. The number of sulfone groups is 1. The summed E-state index contributed by atoms with van der Waals surface area (Å²) in [7, 11) is -3.40. The third-order valence-electron chi connectivity index (χ3n) is 5.90. The number of carbonyl (C=O) groups is 2. The van der Waals surface area contributed by atoms with Crippen molar-refractivity contribution in [3.8, 4) is 0 Å². The molecule has 0 bridgehead atoms. The molecule has 2 rings (SSSR count). The maximum absolute atomic E-state index is 12.8. The van der Waals surface area contributed by atoms with E-state index in [0.717, 1.165) is 32.1 Å². The predicted octanol–water partition coefficient (Wildman–Crippen LogP) is 1.19. The van der Waals surface area contributed by atoms with Crippen LogP contribution in [0.5, 0.6) is 0 Å². The molecule has 2 fully saturated rings. The molecule has 9 heteroatoms. The Bertz CT molecular complexity index is 666. The van der Waals surface area contributed by atoms with E-state index in [9.17, 15) is 23.1 Å². The Kier molecular flexibility index (Phi) is 7.36. The molecule has 3 N–H and O–H groups in total. The highest BCUT2D eigenvalue weighted by molar-refractivity contribution is 7.92. The molecular weight excluding hydrogens is 382 g/mol. The number of carbonyl (C=O) groups excluding carboxylic acids is 2. The lowest BCUT2D eigenvalue weighted by Crippen LogP contribution is -2.59. The number of hydrogen-bond acceptors (Lipinski definition) is 5. The van der Waals surface area contributed by atoms with Crippen LogP contribution in [0.25, 0.3) is 0 Å². The van der Waals surface area contributed by atoms with Crippen molar-refractivity contribution in [1.29, 1.82) is 0 Å². The van der Waals surface area contributed by atoms with E-state index < -0.39 is 26.2 Å². The van der Waals surface area contributed by atoms with E-state index in [1.165, 1.54) is 0 Å². The number of urea groups is 1. The Morgan fingerprint density at radius 2 is 1.79 bits per heavy atom. The number of aliphatic hydroxyl groups excluding tert-OH is 1. The van der Waals surface area contributed by atoms with Crippen molar-refractivity contribution in [1.82, 2.24) is 15.5 Å². The van der Waals surface area contributed by atoms with Crippen molar-refractivity contribution in [2.45, 2.75) is 82.0 Å². The minimum absolute atomic E-state index is 0.0777. The van der Waals surface area contributed by atoms with Gasteiger partial charge in [-0.25, -0.2) is 13.2 Å². The third kappa shape index (κ3) is 5.59. The summed E-state index contributed by atoms with van der Waals surface area (Å²) in [5.74, 6) is -0.324. The molecule has 28 heavy (non-hydrogen) atoms. The third-order valence-corrected chi connectivity index (χ3v) is 8.70. The van der Waals surface area contributed by atoms with Crippen molar-refractivity contribution in [2.75, 3.05) is 25.4 Å². The van der Waals surface area contributed by atoms with Gasteiger partial charge in [-0.2, -0.15) is 0 Å². The molecule has 3 amide bonds. The molecule has 1 saturated carbocycles. The van der Waals surface area contributed by atoms with Crippen molar-refractivity contribution in [3.05, 3.63) is 0 Å². The maximum Gasteiger partial charge on any atom is 0.315 e. The molecule has 1 heterocycles. The van der Waals surface area contributed by atoms with Crippen LogP contribution in [0, 0.1) is 0 Å². The Hall–Kier alpha value is -1.35. The lowest BCUT2D eigenvalue weighted by molar-refractivity contribution is -0.131. The highest BCUT2D eigenvalue weighted by atomic mass is 32.2. The first-order valence-electron chi connectivity index (χ1n) is 10.2. The molecule has 8 nitrogen and oxygen atoms in total. The minimum Gasteiger partial charge on any atom is -0.394 e. The largest absolute Gasteiger partial charge is 0.394 e. The number of aliphatic hydroxyl groups is 1. The number of rotatable bonds is 6. The Morgan fingerprint density at radius 1 is 1.14 bits per heavy atom. The van der Waals surface area contributed by atoms with Crippen molar-refractivity contribution in [2.24, 2.45) is 0 Å². The summed E-state index contributed by atoms with van der Waals surface area (Å²) in [4.78, 5) is 26.4. The summed E-state index contributed by atoms with van der Waals surface area (Å²) in [6, 6.07) is -0.696. The number of amides is 3. The molecule has 1 saturated heterocycles. The van der Waals surface area contributed by atoms with Crippen LogP contribution in [0.4, 0.5) is 4.79 Å². The standard InChI is InChI=1S/C19H35N3O5S/c1-18(2,3)28(26,27)14-19(9-5-4-6-10-19)21-17(25)20-12-16(24)22-11-7-8-15(22)13-23/h15,23H,4-14H2,1-3H3,(H2,20,21,25)/t15-/m0/s1. The van der Waals surface area contributed by atoms with Gasteiger partial charge in [0.1, 0.15) is 0 Å². The number of nitrogens with one attached hydrogen (secondary N) is 2. The fraction of sp³-hybridized carbons (Fsp3) is 0.895. The van der Waals surface area contributed by atoms with Gasteiger partial charge in [-0.1, -0.05) is 19.3 Å². The molecule has 162 valence electrons. The maximum atomic E-state index is 12.8. The van der Waals surface area contributed by atoms with Crippen LogP contribution in [0.2, 0.25) is 0 Å². The topological polar surface area (TPSA) is 116 Å². The van der Waals surface area contributed by atoms with Gasteiger partial charge >= 0.3 is 6.03 Å². The Labute approximate surface area is 168 Å². The van der Waals surface area contributed by atoms with E-state index in [1.54, 1.807) is 25.7 Å². The van der Waals surface area contributed by atoms with E-state index in [4.69, 9.17) is 0 Å². The molecule has 0 spiro atoms. The first kappa shape index (κ1) is 22.9. The van der Waals surface area contributed by atoms with E-state index >= 15 is 0 Å². The van der Waals surface area contributed by atoms with Crippen LogP contribution in [0.15, 0.2) is 0 Å². The van der Waals surface area contributed by atoms with Crippen LogP contribution in [0.1, 0.15) is 65.7 Å². The molecule has 1 atom stereocenters. The van der Waals surface area contributed by atoms with E-state index in [-0.39, 0.29) is 30.9 Å². The summed E-state index contributed by atoms with van der Waals surface area (Å²) in [6.07, 6.45) is 5.59. The summed E-state index contributed by atoms with van der Waals surface area (Å²) in [5, 5.41) is 14.8. The normalized spacial score (nSPS) is 22.7. The van der Waals surface area contributed by atoms with Gasteiger partial charge in [0.2, 0.25) is 5.91 Å². The average Bonchev–Trinajstić information content (AvgIpc) is 3.07. The van der Waals surface area contributed by atoms with Crippen LogP contribution in [-0.4, -0.2) is 72.1 Å². The van der Waals surface area contributed by atoms with Gasteiger partial charge in [-0.05, 0) is 46.5 Å². The molecule has 2 aliphatic rings. The molecular formula is C19H35N3O5S. The molecule has 0 aromatic heterocycles. The summed E-state index contributed by atoms with van der Waals surface area (Å²) >= 11 is 0. The van der Waals surface area contributed by atoms with Crippen molar-refractivity contribution >= 4 is 21.8 Å². The van der Waals surface area contributed by atoms with Crippen LogP contribution < -0.4 is 10.6 Å². The first-order chi connectivity index (χ1) is 13.0. The highest BCUT2D eigenvalue weighted by Gasteiger charge is 2.42. The Balaban J connectivity index is 1.98. The van der Waals surface area contributed by atoms with Gasteiger partial charge in [-0.3, -0.25) is 4.79 Å². The molecule has 1 aliphatic heterocycles. The van der Waals surface area contributed by atoms with Crippen LogP contribution in [0.3, 0.4) is 0 Å². The van der Waals surface area contributed by atoms with Gasteiger partial charge in [0.25, 0.3) is 0 Å². The zero-order valence-corrected chi connectivity index (χ0v) is 18.1. The second-order valence-electron chi connectivity index (χ2n) is 9.09. The number of hydrogen-bond donors (Lipinski definition) is 3. The zero-order chi connectivity index (χ0) is 21.0. The molecule has 0 aromatic rings.